The Morgan fingerprint density at radius 1 is 1.24 bits per heavy atom. The highest BCUT2D eigenvalue weighted by atomic mass is 19.1. The second-order valence-electron chi connectivity index (χ2n) is 3.66. The maximum absolute atomic E-state index is 12.8. The van der Waals surface area contributed by atoms with Crippen molar-refractivity contribution < 1.29 is 13.6 Å². The first-order valence-electron chi connectivity index (χ1n) is 5.54. The van der Waals surface area contributed by atoms with E-state index >= 15 is 0 Å². The van der Waals surface area contributed by atoms with Crippen LogP contribution in [0.15, 0.2) is 18.2 Å². The van der Waals surface area contributed by atoms with E-state index in [1.54, 1.807) is 0 Å². The summed E-state index contributed by atoms with van der Waals surface area (Å²) in [6, 6.07) is 3.42. The third-order valence-electron chi connectivity index (χ3n) is 2.17. The smallest absolute Gasteiger partial charge is 0.233 e. The Kier molecular flexibility index (Phi) is 5.56. The van der Waals surface area contributed by atoms with Gasteiger partial charge in [-0.15, -0.1) is 0 Å². The van der Waals surface area contributed by atoms with Crippen LogP contribution in [0.3, 0.4) is 0 Å². The maximum atomic E-state index is 12.8. The van der Waals surface area contributed by atoms with Gasteiger partial charge in [0.25, 0.3) is 0 Å². The van der Waals surface area contributed by atoms with Gasteiger partial charge in [-0.1, -0.05) is 0 Å². The highest BCUT2D eigenvalue weighted by Gasteiger charge is 2.01. The van der Waals surface area contributed by atoms with Gasteiger partial charge in [-0.3, -0.25) is 4.79 Å². The lowest BCUT2D eigenvalue weighted by Crippen LogP contribution is -2.34. The number of carbonyl (C=O) groups is 1. The van der Waals surface area contributed by atoms with Gasteiger partial charge in [-0.25, -0.2) is 8.78 Å². The first-order chi connectivity index (χ1) is 8.11. The normalized spacial score (nSPS) is 10.3. The Bertz CT molecular complexity index is 363. The minimum Gasteiger partial charge on any atom is -0.355 e. The summed E-state index contributed by atoms with van der Waals surface area (Å²) in [5, 5.41) is 5.54. The Labute approximate surface area is 99.2 Å². The van der Waals surface area contributed by atoms with Gasteiger partial charge in [-0.05, 0) is 37.6 Å². The van der Waals surface area contributed by atoms with Crippen LogP contribution in [-0.2, 0) is 11.2 Å². The third-order valence-corrected chi connectivity index (χ3v) is 2.17. The predicted molar refractivity (Wildman–Crippen MR) is 61.6 cm³/mol. The van der Waals surface area contributed by atoms with Crippen molar-refractivity contribution >= 4 is 5.91 Å². The van der Waals surface area contributed by atoms with Gasteiger partial charge in [0.05, 0.1) is 6.54 Å². The molecule has 94 valence electrons. The van der Waals surface area contributed by atoms with E-state index in [1.807, 2.05) is 6.92 Å². The summed E-state index contributed by atoms with van der Waals surface area (Å²) < 4.78 is 25.7. The summed E-state index contributed by atoms with van der Waals surface area (Å²) in [6.07, 6.45) is 0.480. The van der Waals surface area contributed by atoms with Crippen LogP contribution in [0.4, 0.5) is 8.78 Å². The number of amides is 1. The molecule has 0 spiro atoms. The monoisotopic (exact) mass is 242 g/mol. The maximum Gasteiger partial charge on any atom is 0.233 e. The lowest BCUT2D eigenvalue weighted by atomic mass is 10.1. The average Bonchev–Trinajstić information content (AvgIpc) is 2.23. The van der Waals surface area contributed by atoms with Crippen LogP contribution in [0.25, 0.3) is 0 Å². The van der Waals surface area contributed by atoms with Crippen LogP contribution in [0, 0.1) is 11.6 Å². The number of hydrogen-bond acceptors (Lipinski definition) is 2. The molecule has 0 saturated heterocycles. The SMILES string of the molecule is CCNC(=O)CNCCc1cc(F)cc(F)c1. The topological polar surface area (TPSA) is 41.1 Å². The van der Waals surface area contributed by atoms with Crippen molar-refractivity contribution in [3.05, 3.63) is 35.4 Å². The van der Waals surface area contributed by atoms with Crippen LogP contribution in [0.5, 0.6) is 0 Å². The summed E-state index contributed by atoms with van der Waals surface area (Å²) in [7, 11) is 0. The van der Waals surface area contributed by atoms with E-state index in [4.69, 9.17) is 0 Å². The van der Waals surface area contributed by atoms with Crippen molar-refractivity contribution in [1.82, 2.24) is 10.6 Å². The third kappa shape index (κ3) is 5.40. The van der Waals surface area contributed by atoms with Gasteiger partial charge in [0, 0.05) is 12.6 Å². The van der Waals surface area contributed by atoms with Crippen molar-refractivity contribution in [2.24, 2.45) is 0 Å². The summed E-state index contributed by atoms with van der Waals surface area (Å²) in [5.41, 5.74) is 0.575. The van der Waals surface area contributed by atoms with Crippen molar-refractivity contribution in [1.29, 1.82) is 0 Å². The lowest BCUT2D eigenvalue weighted by Gasteiger charge is -2.05. The molecular formula is C12H16F2N2O. The molecule has 0 unspecified atom stereocenters. The summed E-state index contributed by atoms with van der Waals surface area (Å²) in [4.78, 5) is 11.1. The molecule has 0 aromatic heterocycles. The van der Waals surface area contributed by atoms with E-state index in [9.17, 15) is 13.6 Å². The van der Waals surface area contributed by atoms with Crippen molar-refractivity contribution in [3.8, 4) is 0 Å². The molecule has 1 aromatic carbocycles. The molecule has 0 aliphatic rings. The van der Waals surface area contributed by atoms with E-state index < -0.39 is 11.6 Å². The van der Waals surface area contributed by atoms with Gasteiger partial charge in [0.2, 0.25) is 5.91 Å². The second kappa shape index (κ2) is 6.96. The Balaban J connectivity index is 2.28. The van der Waals surface area contributed by atoms with Gasteiger partial charge >= 0.3 is 0 Å². The number of nitrogens with one attached hydrogen (secondary N) is 2. The number of rotatable bonds is 6. The quantitative estimate of drug-likeness (QED) is 0.737. The Morgan fingerprint density at radius 2 is 1.88 bits per heavy atom. The average molecular weight is 242 g/mol. The minimum atomic E-state index is -0.580. The van der Waals surface area contributed by atoms with E-state index in [2.05, 4.69) is 10.6 Å². The molecule has 0 atom stereocenters. The highest BCUT2D eigenvalue weighted by molar-refractivity contribution is 5.77. The van der Waals surface area contributed by atoms with Gasteiger partial charge in [0.1, 0.15) is 11.6 Å². The van der Waals surface area contributed by atoms with Gasteiger partial charge in [-0.2, -0.15) is 0 Å². The number of likely N-dealkylation sites (N-methyl/N-ethyl adjacent to an activating group) is 1. The van der Waals surface area contributed by atoms with E-state index in [1.165, 1.54) is 12.1 Å². The molecule has 2 N–H and O–H groups in total. The molecule has 5 heteroatoms. The molecule has 0 radical (unpaired) electrons. The fourth-order valence-electron chi connectivity index (χ4n) is 1.45. The van der Waals surface area contributed by atoms with Crippen molar-refractivity contribution in [2.45, 2.75) is 13.3 Å². The predicted octanol–water partition coefficient (Wildman–Crippen LogP) is 1.23. The molecule has 1 amide bonds. The molecule has 0 fully saturated rings. The zero-order chi connectivity index (χ0) is 12.7. The fourth-order valence-corrected chi connectivity index (χ4v) is 1.45. The van der Waals surface area contributed by atoms with Crippen molar-refractivity contribution in [3.63, 3.8) is 0 Å². The molecule has 17 heavy (non-hydrogen) atoms. The fraction of sp³-hybridized carbons (Fsp3) is 0.417. The number of benzene rings is 1. The molecule has 0 bridgehead atoms. The van der Waals surface area contributed by atoms with Crippen molar-refractivity contribution in [2.75, 3.05) is 19.6 Å². The van der Waals surface area contributed by atoms with E-state index in [0.717, 1.165) is 6.07 Å². The summed E-state index contributed by atoms with van der Waals surface area (Å²) >= 11 is 0. The number of carbonyl (C=O) groups excluding carboxylic acids is 1. The molecule has 0 heterocycles. The molecule has 0 aliphatic carbocycles. The van der Waals surface area contributed by atoms with Gasteiger partial charge in [0.15, 0.2) is 0 Å². The first kappa shape index (κ1) is 13.6. The van der Waals surface area contributed by atoms with Gasteiger partial charge < -0.3 is 10.6 Å². The molecule has 1 rings (SSSR count). The number of halogens is 2. The Hall–Kier alpha value is -1.49. The Morgan fingerprint density at radius 3 is 2.47 bits per heavy atom. The van der Waals surface area contributed by atoms with Crippen LogP contribution in [-0.4, -0.2) is 25.5 Å². The molecule has 3 nitrogen and oxygen atoms in total. The molecular weight excluding hydrogens is 226 g/mol. The van der Waals surface area contributed by atoms with Crippen LogP contribution >= 0.6 is 0 Å². The zero-order valence-electron chi connectivity index (χ0n) is 9.72. The number of hydrogen-bond donors (Lipinski definition) is 2. The molecule has 0 aliphatic heterocycles. The molecule has 1 aromatic rings. The second-order valence-corrected chi connectivity index (χ2v) is 3.66. The standard InChI is InChI=1S/C12H16F2N2O/c1-2-16-12(17)8-15-4-3-9-5-10(13)7-11(14)6-9/h5-7,15H,2-4,8H2,1H3,(H,16,17). The van der Waals surface area contributed by atoms with Crippen LogP contribution in [0.1, 0.15) is 12.5 Å². The van der Waals surface area contributed by atoms with Crippen LogP contribution in [0.2, 0.25) is 0 Å². The summed E-state index contributed by atoms with van der Waals surface area (Å²) in [5.74, 6) is -1.25. The van der Waals surface area contributed by atoms with Crippen LogP contribution < -0.4 is 10.6 Å². The lowest BCUT2D eigenvalue weighted by molar-refractivity contribution is -0.120. The summed E-state index contributed by atoms with van der Waals surface area (Å²) in [6.45, 7) is 3.15. The molecule has 0 saturated carbocycles. The first-order valence-corrected chi connectivity index (χ1v) is 5.54. The largest absolute Gasteiger partial charge is 0.355 e. The minimum absolute atomic E-state index is 0.0853. The highest BCUT2D eigenvalue weighted by Crippen LogP contribution is 2.07. The van der Waals surface area contributed by atoms with E-state index in [0.29, 0.717) is 25.1 Å². The zero-order valence-corrected chi connectivity index (χ0v) is 9.72. The van der Waals surface area contributed by atoms with E-state index in [-0.39, 0.29) is 12.5 Å².